The fourth-order valence-electron chi connectivity index (χ4n) is 6.46. The van der Waals surface area contributed by atoms with E-state index in [-0.39, 0.29) is 0 Å². The van der Waals surface area contributed by atoms with Crippen LogP contribution in [0.5, 0.6) is 0 Å². The summed E-state index contributed by atoms with van der Waals surface area (Å²) in [6, 6.07) is 14.9. The molecular formula is C28H26ClN5S. The smallest absolute Gasteiger partial charge is 0.181 e. The van der Waals surface area contributed by atoms with Crippen LogP contribution in [-0.2, 0) is 6.42 Å². The van der Waals surface area contributed by atoms with Crippen molar-refractivity contribution in [1.29, 1.82) is 0 Å². The Morgan fingerprint density at radius 3 is 2.69 bits per heavy atom. The van der Waals surface area contributed by atoms with Crippen molar-refractivity contribution < 1.29 is 0 Å². The first kappa shape index (κ1) is 21.5. The average molecular weight is 500 g/mol. The molecule has 5 nitrogen and oxygen atoms in total. The Bertz CT molecular complexity index is 1510. The number of nitrogens with one attached hydrogen (secondary N) is 1. The molecule has 3 aliphatic carbocycles. The molecule has 0 amide bonds. The van der Waals surface area contributed by atoms with Gasteiger partial charge in [0.25, 0.3) is 0 Å². The molecule has 3 fully saturated rings. The van der Waals surface area contributed by atoms with E-state index in [9.17, 15) is 0 Å². The number of H-pyrrole nitrogens is 1. The number of benzene rings is 1. The van der Waals surface area contributed by atoms with Crippen molar-refractivity contribution in [2.75, 3.05) is 0 Å². The van der Waals surface area contributed by atoms with E-state index in [1.165, 1.54) is 35.8 Å². The zero-order valence-corrected chi connectivity index (χ0v) is 21.1. The van der Waals surface area contributed by atoms with Crippen LogP contribution < -0.4 is 0 Å². The number of aromatic amines is 1. The van der Waals surface area contributed by atoms with Gasteiger partial charge in [0.15, 0.2) is 11.5 Å². The van der Waals surface area contributed by atoms with Crippen molar-refractivity contribution in [2.24, 2.45) is 23.7 Å². The fraction of sp³-hybridized carbons (Fsp3) is 0.357. The maximum Gasteiger partial charge on any atom is 0.181 e. The lowest BCUT2D eigenvalue weighted by molar-refractivity contribution is 0.0339. The molecule has 5 aromatic rings. The summed E-state index contributed by atoms with van der Waals surface area (Å²) in [6.45, 7) is 2.46. The zero-order valence-electron chi connectivity index (χ0n) is 19.5. The van der Waals surface area contributed by atoms with E-state index in [0.29, 0.717) is 22.4 Å². The standard InChI is InChI=1S/C28H26ClN5S/c1-15-16-6-8-17(9-7-16)21(15)12-20-13-23(25-10-18-4-2-3-5-24(18)35-25)32-28(31-20)26-22-11-19(29)14-30-27(22)34-33-26/h2-5,10-11,13-17,21H,6-9,12H2,1H3,(H,30,33,34). The van der Waals surface area contributed by atoms with E-state index in [1.807, 2.05) is 6.07 Å². The maximum absolute atomic E-state index is 6.28. The molecule has 1 aromatic carbocycles. The minimum atomic E-state index is 0.577. The minimum absolute atomic E-state index is 0.577. The summed E-state index contributed by atoms with van der Waals surface area (Å²) < 4.78 is 1.27. The predicted octanol–water partition coefficient (Wildman–Crippen LogP) is 7.56. The SMILES string of the molecule is CC1C2CCC(CC2)C1Cc1cc(-c2cc3ccccc3s2)nc(-c2[nH]nc3ncc(Cl)cc23)n1. The van der Waals surface area contributed by atoms with Crippen LogP contribution in [0.15, 0.2) is 48.7 Å². The average Bonchev–Trinajstić information content (AvgIpc) is 3.50. The second kappa shape index (κ2) is 8.38. The molecule has 3 aliphatic rings. The van der Waals surface area contributed by atoms with E-state index in [4.69, 9.17) is 21.6 Å². The van der Waals surface area contributed by atoms with E-state index >= 15 is 0 Å². The third-order valence-corrected chi connectivity index (χ3v) is 9.69. The van der Waals surface area contributed by atoms with E-state index in [1.54, 1.807) is 17.5 Å². The van der Waals surface area contributed by atoms with Crippen LogP contribution >= 0.6 is 22.9 Å². The van der Waals surface area contributed by atoms with Gasteiger partial charge in [0.05, 0.1) is 21.0 Å². The molecule has 1 N–H and O–H groups in total. The van der Waals surface area contributed by atoms with Gasteiger partial charge < -0.3 is 0 Å². The lowest BCUT2D eigenvalue weighted by atomic mass is 9.58. The van der Waals surface area contributed by atoms with Crippen molar-refractivity contribution in [3.63, 3.8) is 0 Å². The number of rotatable bonds is 4. The van der Waals surface area contributed by atoms with Crippen LogP contribution in [0.4, 0.5) is 0 Å². The summed E-state index contributed by atoms with van der Waals surface area (Å²) in [6.07, 6.45) is 8.16. The molecule has 4 heterocycles. The Hall–Kier alpha value is -2.83. The highest BCUT2D eigenvalue weighted by molar-refractivity contribution is 7.22. The number of hydrogen-bond acceptors (Lipinski definition) is 5. The van der Waals surface area contributed by atoms with Gasteiger partial charge in [0.2, 0.25) is 0 Å². The van der Waals surface area contributed by atoms with Crippen molar-refractivity contribution >= 4 is 44.1 Å². The van der Waals surface area contributed by atoms with Crippen molar-refractivity contribution in [3.8, 4) is 22.1 Å². The van der Waals surface area contributed by atoms with Gasteiger partial charge in [-0.3, -0.25) is 5.10 Å². The Labute approximate surface area is 213 Å². The summed E-state index contributed by atoms with van der Waals surface area (Å²) in [5.74, 6) is 3.80. The van der Waals surface area contributed by atoms with E-state index in [0.717, 1.165) is 51.5 Å². The number of aromatic nitrogens is 5. The van der Waals surface area contributed by atoms with Crippen LogP contribution in [0.2, 0.25) is 5.02 Å². The summed E-state index contributed by atoms with van der Waals surface area (Å²) in [7, 11) is 0. The topological polar surface area (TPSA) is 67.3 Å². The summed E-state index contributed by atoms with van der Waals surface area (Å²) in [5.41, 5.74) is 3.49. The highest BCUT2D eigenvalue weighted by Gasteiger charge is 2.41. The Morgan fingerprint density at radius 1 is 1.03 bits per heavy atom. The number of pyridine rings is 1. The van der Waals surface area contributed by atoms with Gasteiger partial charge in [-0.05, 0) is 85.4 Å². The lowest BCUT2D eigenvalue weighted by Gasteiger charge is -2.47. The summed E-state index contributed by atoms with van der Waals surface area (Å²) in [5, 5.41) is 10.2. The molecule has 0 spiro atoms. The number of halogens is 1. The van der Waals surface area contributed by atoms with Crippen molar-refractivity contribution in [2.45, 2.75) is 39.0 Å². The Morgan fingerprint density at radius 2 is 1.86 bits per heavy atom. The summed E-state index contributed by atoms with van der Waals surface area (Å²) >= 11 is 8.06. The molecule has 0 saturated heterocycles. The Balaban J connectivity index is 1.36. The molecule has 2 atom stereocenters. The van der Waals surface area contributed by atoms with Gasteiger partial charge in [-0.25, -0.2) is 15.0 Å². The quantitative estimate of drug-likeness (QED) is 0.277. The molecule has 4 aromatic heterocycles. The number of hydrogen-bond donors (Lipinski definition) is 1. The van der Waals surface area contributed by atoms with Gasteiger partial charge in [-0.1, -0.05) is 36.7 Å². The van der Waals surface area contributed by atoms with Crippen LogP contribution in [0.1, 0.15) is 38.3 Å². The first-order chi connectivity index (χ1) is 17.1. The summed E-state index contributed by atoms with van der Waals surface area (Å²) in [4.78, 5) is 15.7. The van der Waals surface area contributed by atoms with Crippen molar-refractivity contribution in [1.82, 2.24) is 25.1 Å². The molecule has 176 valence electrons. The largest absolute Gasteiger partial charge is 0.272 e. The first-order valence-corrected chi connectivity index (χ1v) is 13.7. The van der Waals surface area contributed by atoms with E-state index in [2.05, 4.69) is 58.5 Å². The third-order valence-electron chi connectivity index (χ3n) is 8.34. The minimum Gasteiger partial charge on any atom is -0.272 e. The van der Waals surface area contributed by atoms with Gasteiger partial charge in [-0.2, -0.15) is 5.10 Å². The molecular weight excluding hydrogens is 474 g/mol. The second-order valence-electron chi connectivity index (χ2n) is 10.2. The van der Waals surface area contributed by atoms with Gasteiger partial charge >= 0.3 is 0 Å². The van der Waals surface area contributed by atoms with Crippen LogP contribution in [0, 0.1) is 23.7 Å². The normalized spacial score (nSPS) is 23.9. The molecule has 0 aliphatic heterocycles. The van der Waals surface area contributed by atoms with Gasteiger partial charge in [-0.15, -0.1) is 11.3 Å². The second-order valence-corrected chi connectivity index (χ2v) is 11.8. The predicted molar refractivity (Wildman–Crippen MR) is 143 cm³/mol. The first-order valence-electron chi connectivity index (χ1n) is 12.5. The lowest BCUT2D eigenvalue weighted by Crippen LogP contribution is -2.39. The molecule has 2 bridgehead atoms. The van der Waals surface area contributed by atoms with Crippen molar-refractivity contribution in [3.05, 3.63) is 59.4 Å². The van der Waals surface area contributed by atoms with E-state index < -0.39 is 0 Å². The number of fused-ring (bicyclic) bond motifs is 5. The molecule has 8 rings (SSSR count). The molecule has 35 heavy (non-hydrogen) atoms. The number of thiophene rings is 1. The Kier molecular flexibility index (Phi) is 5.14. The zero-order chi connectivity index (χ0) is 23.5. The van der Waals surface area contributed by atoms with Gasteiger partial charge in [0.1, 0.15) is 5.69 Å². The molecule has 7 heteroatoms. The monoisotopic (exact) mass is 499 g/mol. The molecule has 0 radical (unpaired) electrons. The highest BCUT2D eigenvalue weighted by atomic mass is 35.5. The fourth-order valence-corrected chi connectivity index (χ4v) is 7.65. The molecule has 3 saturated carbocycles. The third kappa shape index (κ3) is 3.74. The highest BCUT2D eigenvalue weighted by Crippen LogP contribution is 2.49. The maximum atomic E-state index is 6.28. The van der Waals surface area contributed by atoms with Crippen LogP contribution in [0.25, 0.3) is 43.2 Å². The number of nitrogens with zero attached hydrogens (tertiary/aromatic N) is 4. The molecule has 2 unspecified atom stereocenters. The van der Waals surface area contributed by atoms with Gasteiger partial charge in [0, 0.05) is 16.6 Å². The van der Waals surface area contributed by atoms with Crippen LogP contribution in [-0.4, -0.2) is 25.1 Å². The van der Waals surface area contributed by atoms with Crippen LogP contribution in [0.3, 0.4) is 0 Å².